The fourth-order valence-corrected chi connectivity index (χ4v) is 178. The van der Waals surface area contributed by atoms with E-state index in [9.17, 15) is 9.59 Å². The van der Waals surface area contributed by atoms with E-state index in [0.717, 1.165) is 0 Å². The molecule has 10 fully saturated rings. The summed E-state index contributed by atoms with van der Waals surface area (Å²) in [5, 5.41) is 12.3. The summed E-state index contributed by atoms with van der Waals surface area (Å²) in [5.74, 6) is 0. The van der Waals surface area contributed by atoms with Crippen LogP contribution in [0, 0.1) is 10.8 Å². The van der Waals surface area contributed by atoms with Crippen molar-refractivity contribution in [3.63, 3.8) is 0 Å². The molecule has 0 aliphatic carbocycles. The topological polar surface area (TPSA) is 34.1 Å². The molecule has 10 saturated heterocycles. The molecule has 8 unspecified atom stereocenters. The van der Waals surface area contributed by atoms with Gasteiger partial charge in [0, 0.05) is 0 Å². The van der Waals surface area contributed by atoms with Gasteiger partial charge >= 0.3 is 441 Å². The second-order valence-electron chi connectivity index (χ2n) is 26.5. The van der Waals surface area contributed by atoms with Crippen molar-refractivity contribution in [1.82, 2.24) is 0 Å². The van der Waals surface area contributed by atoms with Crippen molar-refractivity contribution in [2.24, 2.45) is 10.8 Å². The van der Waals surface area contributed by atoms with Gasteiger partial charge in [0.2, 0.25) is 0 Å². The van der Waals surface area contributed by atoms with Crippen molar-refractivity contribution in [3.05, 3.63) is 243 Å². The van der Waals surface area contributed by atoms with E-state index >= 15 is 0 Å². The Kier molecular flexibility index (Phi) is 5.89. The number of carbonyl (C=O) groups is 2. The molecule has 10 aliphatic rings. The summed E-state index contributed by atoms with van der Waals surface area (Å²) < 4.78 is -0.117. The minimum absolute atomic E-state index is 0.0135. The van der Waals surface area contributed by atoms with Gasteiger partial charge in [-0.1, -0.05) is 0 Å². The maximum atomic E-state index is 14.1. The van der Waals surface area contributed by atoms with Gasteiger partial charge in [-0.25, -0.2) is 0 Å². The first-order chi connectivity index (χ1) is 36.5. The van der Waals surface area contributed by atoms with Crippen LogP contribution in [-0.2, 0) is 16.1 Å². The van der Waals surface area contributed by atoms with E-state index in [4.69, 9.17) is 0 Å². The van der Waals surface area contributed by atoms with E-state index in [1.807, 2.05) is 0 Å². The third kappa shape index (κ3) is 1.77. The fourth-order valence-electron chi connectivity index (χ4n) is 30.9. The zero-order chi connectivity index (χ0) is 50.7. The molecule has 0 radical (unpaired) electrons. The van der Waals surface area contributed by atoms with Gasteiger partial charge in [-0.15, -0.1) is 0 Å². The summed E-state index contributed by atoms with van der Waals surface area (Å²) in [4.78, 5) is 30.3. The van der Waals surface area contributed by atoms with Crippen LogP contribution < -0.4 is 42.4 Å². The van der Waals surface area contributed by atoms with E-state index in [1.165, 1.54) is 55.0 Å². The molecule has 8 aromatic rings. The third-order valence-electron chi connectivity index (χ3n) is 27.7. The van der Waals surface area contributed by atoms with Gasteiger partial charge in [-0.2, -0.15) is 0 Å². The van der Waals surface area contributed by atoms with Crippen molar-refractivity contribution in [3.8, 4) is 0 Å². The molecule has 0 bridgehead atoms. The van der Waals surface area contributed by atoms with Gasteiger partial charge in [0.05, 0.1) is 0 Å². The molecule has 1 spiro atoms. The molecule has 8 atom stereocenters. The number of carbonyl (C=O) groups excluding carboxylic acids is 2. The van der Waals surface area contributed by atoms with Crippen LogP contribution in [0.4, 0.5) is 0 Å². The van der Waals surface area contributed by atoms with Gasteiger partial charge in [0.25, 0.3) is 0 Å². The average molecular weight is 1090 g/mol. The van der Waals surface area contributed by atoms with Crippen LogP contribution >= 0.6 is 31.7 Å². The zero-order valence-corrected chi connectivity index (χ0v) is 47.6. The first-order valence-electron chi connectivity index (χ1n) is 27.2. The number of hydrogen-bond acceptors (Lipinski definition) is 2. The van der Waals surface area contributed by atoms with Crippen LogP contribution in [0.25, 0.3) is 0 Å². The van der Waals surface area contributed by atoms with Crippen LogP contribution in [0.15, 0.2) is 243 Å². The van der Waals surface area contributed by atoms with Crippen LogP contribution in [0.2, 0.25) is 27.9 Å². The molecule has 0 amide bonds. The molecule has 0 N–H and O–H groups in total. The fraction of sp³-hybridized carbons (Fsp3) is 0.265. The number of fused-ring (bicyclic) bond motifs is 10. The van der Waals surface area contributed by atoms with Crippen molar-refractivity contribution in [1.29, 1.82) is 0 Å². The van der Waals surface area contributed by atoms with E-state index in [1.54, 1.807) is 0 Å². The Hall–Kier alpha value is -4.66. The van der Waals surface area contributed by atoms with Crippen LogP contribution in [0.1, 0.15) is 40.5 Å². The van der Waals surface area contributed by atoms with Crippen molar-refractivity contribution >= 4 is 86.7 Å². The maximum absolute atomic E-state index is 14.1. The van der Waals surface area contributed by atoms with Crippen LogP contribution in [0.3, 0.4) is 0 Å². The first kappa shape index (κ1) is 44.3. The molecule has 0 saturated carbocycles. The number of aldehydes is 2. The van der Waals surface area contributed by atoms with Crippen LogP contribution in [-0.4, -0.2) is 28.8 Å². The van der Waals surface area contributed by atoms with Gasteiger partial charge in [0.1, 0.15) is 0 Å². The second-order valence-corrected chi connectivity index (χ2v) is 59.6. The van der Waals surface area contributed by atoms with Crippen molar-refractivity contribution < 1.29 is 16.1 Å². The predicted octanol–water partition coefficient (Wildman–Crippen LogP) is 13.5. The first-order valence-corrected chi connectivity index (χ1v) is 38.4. The summed E-state index contributed by atoms with van der Waals surface area (Å²) in [7, 11) is -4.14. The molecule has 7 heteroatoms. The SMILES string of the molecule is CC(C)(CC=O)[C]12[CH]3[C]4(P(c5ccccc5)c5ccccc5)[C]5(P(c6ccccc6)c6ccccc6)[CH]1[Fe]32451678[CH]2[C]1(C(C)(C)CC=O)[CH]6[C]7(P(c1ccccc1)c1ccccc1)[C]28P(c1ccccc1)c1ccccc1. The number of benzene rings is 8. The average Bonchev–Trinajstić information content (AvgIpc) is 1.02. The van der Waals surface area contributed by atoms with Gasteiger partial charge in [0.15, 0.2) is 0 Å². The Morgan fingerprint density at radius 1 is 0.320 bits per heavy atom. The predicted molar refractivity (Wildman–Crippen MR) is 317 cm³/mol. The molecule has 10 heterocycles. The Morgan fingerprint density at radius 2 is 0.480 bits per heavy atom. The molecule has 18 rings (SSSR count). The Bertz CT molecular complexity index is 3520. The van der Waals surface area contributed by atoms with E-state index in [-0.39, 0.29) is 35.7 Å². The van der Waals surface area contributed by atoms with Gasteiger partial charge in [-0.05, 0) is 0 Å². The Labute approximate surface area is 437 Å². The molecule has 374 valence electrons. The summed E-state index contributed by atoms with van der Waals surface area (Å²) >= 11 is 0. The summed E-state index contributed by atoms with van der Waals surface area (Å²) in [6, 6.07) is 96.6. The standard InChI is InChI=1S/2C34H31OP2.Fe/c2*1-34(2,23-24-35)27-25-32(36(28-15-7-3-8-16-28)29-17-9-4-10-18-29)33(26-27)37(30-19-11-5-12-20-30)31-21-13-6-14-22-31;/h2*3-22,24-26H,23H2,1-2H3;. The second kappa shape index (κ2) is 9.96. The van der Waals surface area contributed by atoms with Gasteiger partial charge < -0.3 is 0 Å². The minimum atomic E-state index is -6.60. The Morgan fingerprint density at radius 3 is 0.627 bits per heavy atom. The van der Waals surface area contributed by atoms with E-state index in [2.05, 4.69) is 270 Å². The molecule has 10 aliphatic heterocycles. The van der Waals surface area contributed by atoms with Crippen LogP contribution in [0.5, 0.6) is 0 Å². The van der Waals surface area contributed by atoms with E-state index in [0.29, 0.717) is 32.1 Å². The van der Waals surface area contributed by atoms with Crippen molar-refractivity contribution in [2.45, 2.75) is 84.6 Å². The monoisotopic (exact) mass is 1090 g/mol. The summed E-state index contributed by atoms with van der Waals surface area (Å²) in [5.41, 5.74) is -0.557. The van der Waals surface area contributed by atoms with Gasteiger partial charge in [-0.3, -0.25) is 0 Å². The summed E-state index contributed by atoms with van der Waals surface area (Å²) in [6.45, 7) is 3.98. The zero-order valence-electron chi connectivity index (χ0n) is 42.9. The molecule has 0 aromatic heterocycles. The number of hydrogen-bond donors (Lipinski definition) is 0. The molecular weight excluding hydrogens is 1030 g/mol. The third-order valence-corrected chi connectivity index (χ3v) is 100. The molecule has 75 heavy (non-hydrogen) atoms. The number of rotatable bonds is 18. The quantitative estimate of drug-likeness (QED) is 0.0487. The summed E-state index contributed by atoms with van der Waals surface area (Å²) in [6.07, 6.45) is 3.86. The molecule has 2 nitrogen and oxygen atoms in total. The van der Waals surface area contributed by atoms with Crippen molar-refractivity contribution in [2.75, 3.05) is 0 Å². The normalized spacial score (nSPS) is 41.4. The molecular formula is C68H62FeO2P4. The van der Waals surface area contributed by atoms with E-state index < -0.39 is 38.2 Å². The molecule has 8 aromatic carbocycles. The Balaban J connectivity index is 1.16.